The Morgan fingerprint density at radius 1 is 0.711 bits per heavy atom. The van der Waals surface area contributed by atoms with Crippen molar-refractivity contribution in [1.29, 1.82) is 0 Å². The molecule has 2 unspecified atom stereocenters. The standard InChI is InChI=1S/C35H62NO8P/c1-6-8-10-12-14-16-17-18-19-20-22-24-26-28-35(38)44-33(32-43-45(39,40)42-30-29-36(3,4)5)31-41-34(37)27-25-23-21-15-13-11-9-7-2/h8,10,12,14,16-17,21,23,33H,6-7,9,11,13,15,18-20,22,24-32H2,1-5H3/p+1/b10-8+,14-12+,17-16+,23-21+. The summed E-state index contributed by atoms with van der Waals surface area (Å²) >= 11 is 0. The molecular weight excluding hydrogens is 593 g/mol. The third kappa shape index (κ3) is 31.7. The predicted molar refractivity (Wildman–Crippen MR) is 183 cm³/mol. The monoisotopic (exact) mass is 656 g/mol. The van der Waals surface area contributed by atoms with Gasteiger partial charge >= 0.3 is 19.8 Å². The van der Waals surface area contributed by atoms with Gasteiger partial charge in [0.25, 0.3) is 0 Å². The Morgan fingerprint density at radius 3 is 2.02 bits per heavy atom. The molecule has 0 bridgehead atoms. The van der Waals surface area contributed by atoms with Crippen LogP contribution in [0.15, 0.2) is 48.6 Å². The highest BCUT2D eigenvalue weighted by Crippen LogP contribution is 2.43. The first-order chi connectivity index (χ1) is 21.5. The van der Waals surface area contributed by atoms with Crippen LogP contribution in [-0.2, 0) is 32.7 Å². The SMILES string of the molecule is CC/C=C/C=C/C=C/CCCCCCCC(=O)OC(COC(=O)CC/C=C/CCCCCC)COP(=O)(O)OCC[N+](C)(C)C. The van der Waals surface area contributed by atoms with Crippen molar-refractivity contribution in [1.82, 2.24) is 0 Å². The molecule has 0 aromatic rings. The number of rotatable bonds is 29. The van der Waals surface area contributed by atoms with Gasteiger partial charge in [-0.05, 0) is 44.9 Å². The number of unbranched alkanes of at least 4 members (excludes halogenated alkanes) is 9. The molecule has 0 spiro atoms. The highest BCUT2D eigenvalue weighted by molar-refractivity contribution is 7.47. The lowest BCUT2D eigenvalue weighted by atomic mass is 10.1. The Balaban J connectivity index is 4.59. The summed E-state index contributed by atoms with van der Waals surface area (Å²) in [4.78, 5) is 34.9. The quantitative estimate of drug-likeness (QED) is 0.0214. The number of carbonyl (C=O) groups is 2. The molecule has 2 atom stereocenters. The van der Waals surface area contributed by atoms with Gasteiger partial charge in [0.2, 0.25) is 0 Å². The number of phosphoric ester groups is 1. The van der Waals surface area contributed by atoms with Crippen molar-refractivity contribution in [2.24, 2.45) is 0 Å². The normalized spacial score (nSPS) is 14.5. The van der Waals surface area contributed by atoms with Gasteiger partial charge in [0, 0.05) is 12.8 Å². The van der Waals surface area contributed by atoms with E-state index >= 15 is 0 Å². The van der Waals surface area contributed by atoms with E-state index in [1.807, 2.05) is 45.4 Å². The molecule has 260 valence electrons. The van der Waals surface area contributed by atoms with Crippen LogP contribution >= 0.6 is 7.82 Å². The second kappa shape index (κ2) is 28.2. The molecule has 0 saturated heterocycles. The molecule has 0 aromatic carbocycles. The van der Waals surface area contributed by atoms with Crippen LogP contribution in [0, 0.1) is 0 Å². The van der Waals surface area contributed by atoms with Crippen LogP contribution in [0.2, 0.25) is 0 Å². The lowest BCUT2D eigenvalue weighted by Gasteiger charge is -2.24. The smallest absolute Gasteiger partial charge is 0.462 e. The average molecular weight is 657 g/mol. The minimum atomic E-state index is -4.37. The summed E-state index contributed by atoms with van der Waals surface area (Å²) in [6.07, 6.45) is 29.0. The van der Waals surface area contributed by atoms with Gasteiger partial charge in [0.1, 0.15) is 19.8 Å². The fourth-order valence-electron chi connectivity index (χ4n) is 3.97. The summed E-state index contributed by atoms with van der Waals surface area (Å²) in [5, 5.41) is 0. The fourth-order valence-corrected chi connectivity index (χ4v) is 4.71. The van der Waals surface area contributed by atoms with E-state index in [0.29, 0.717) is 23.9 Å². The Labute approximate surface area is 273 Å². The molecular formula is C35H63NO8P+. The minimum absolute atomic E-state index is 0.0207. The highest BCUT2D eigenvalue weighted by atomic mass is 31.2. The van der Waals surface area contributed by atoms with Crippen molar-refractivity contribution in [2.75, 3.05) is 47.5 Å². The molecule has 0 rings (SSSR count). The van der Waals surface area contributed by atoms with Crippen molar-refractivity contribution in [2.45, 2.75) is 116 Å². The molecule has 0 aliphatic heterocycles. The summed E-state index contributed by atoms with van der Waals surface area (Å²) in [6.45, 7) is 4.12. The number of esters is 2. The molecule has 0 fully saturated rings. The second-order valence-electron chi connectivity index (χ2n) is 12.2. The van der Waals surface area contributed by atoms with E-state index < -0.39 is 32.5 Å². The van der Waals surface area contributed by atoms with Crippen LogP contribution in [-0.4, -0.2) is 74.9 Å². The Bertz CT molecular complexity index is 923. The summed E-state index contributed by atoms with van der Waals surface area (Å²) in [7, 11) is 1.43. The van der Waals surface area contributed by atoms with Gasteiger partial charge in [-0.2, -0.15) is 0 Å². The van der Waals surface area contributed by atoms with Crippen molar-refractivity contribution in [3.63, 3.8) is 0 Å². The first kappa shape index (κ1) is 43.0. The molecule has 0 heterocycles. The van der Waals surface area contributed by atoms with Crippen LogP contribution in [0.25, 0.3) is 0 Å². The zero-order valence-corrected chi connectivity index (χ0v) is 29.7. The van der Waals surface area contributed by atoms with E-state index in [1.54, 1.807) is 0 Å². The van der Waals surface area contributed by atoms with Crippen LogP contribution < -0.4 is 0 Å². The van der Waals surface area contributed by atoms with Gasteiger partial charge in [-0.15, -0.1) is 0 Å². The molecule has 0 aliphatic carbocycles. The summed E-state index contributed by atoms with van der Waals surface area (Å²) in [5.41, 5.74) is 0. The number of likely N-dealkylation sites (N-methyl/N-ethyl adjacent to an activating group) is 1. The molecule has 10 heteroatoms. The number of ether oxygens (including phenoxy) is 2. The van der Waals surface area contributed by atoms with Gasteiger partial charge < -0.3 is 18.9 Å². The van der Waals surface area contributed by atoms with Gasteiger partial charge in [0.05, 0.1) is 27.7 Å². The van der Waals surface area contributed by atoms with Crippen molar-refractivity contribution >= 4 is 19.8 Å². The van der Waals surface area contributed by atoms with E-state index in [9.17, 15) is 19.0 Å². The zero-order valence-electron chi connectivity index (χ0n) is 28.8. The maximum absolute atomic E-state index is 12.5. The largest absolute Gasteiger partial charge is 0.472 e. The van der Waals surface area contributed by atoms with Gasteiger partial charge in [0.15, 0.2) is 6.10 Å². The number of allylic oxidation sites excluding steroid dienone is 8. The Morgan fingerprint density at radius 2 is 1.33 bits per heavy atom. The van der Waals surface area contributed by atoms with Crippen molar-refractivity contribution in [3.8, 4) is 0 Å². The fraction of sp³-hybridized carbons (Fsp3) is 0.714. The number of quaternary nitrogens is 1. The maximum Gasteiger partial charge on any atom is 0.472 e. The van der Waals surface area contributed by atoms with E-state index in [-0.39, 0.29) is 26.1 Å². The highest BCUT2D eigenvalue weighted by Gasteiger charge is 2.27. The van der Waals surface area contributed by atoms with Gasteiger partial charge in [-0.25, -0.2) is 4.57 Å². The first-order valence-corrected chi connectivity index (χ1v) is 18.4. The molecule has 0 aromatic heterocycles. The van der Waals surface area contributed by atoms with E-state index in [4.69, 9.17) is 18.5 Å². The van der Waals surface area contributed by atoms with Gasteiger partial charge in [-0.3, -0.25) is 18.6 Å². The number of phosphoric acid groups is 1. The summed E-state index contributed by atoms with van der Waals surface area (Å²) < 4.78 is 33.9. The number of hydrogen-bond acceptors (Lipinski definition) is 7. The third-order valence-corrected chi connectivity index (χ3v) is 7.65. The Kier molecular flexibility index (Phi) is 26.9. The zero-order chi connectivity index (χ0) is 33.7. The Hall–Kier alpha value is -2.03. The molecule has 0 aliphatic rings. The second-order valence-corrected chi connectivity index (χ2v) is 13.7. The van der Waals surface area contributed by atoms with Crippen molar-refractivity contribution in [3.05, 3.63) is 48.6 Å². The van der Waals surface area contributed by atoms with Crippen LogP contribution in [0.5, 0.6) is 0 Å². The molecule has 0 amide bonds. The lowest BCUT2D eigenvalue weighted by molar-refractivity contribution is -0.870. The lowest BCUT2D eigenvalue weighted by Crippen LogP contribution is -2.37. The molecule has 0 radical (unpaired) electrons. The van der Waals surface area contributed by atoms with Gasteiger partial charge in [-0.1, -0.05) is 101 Å². The van der Waals surface area contributed by atoms with Crippen LogP contribution in [0.4, 0.5) is 0 Å². The minimum Gasteiger partial charge on any atom is -0.462 e. The molecule has 0 saturated carbocycles. The number of carbonyl (C=O) groups excluding carboxylic acids is 2. The van der Waals surface area contributed by atoms with Crippen molar-refractivity contribution < 1.29 is 42.1 Å². The predicted octanol–water partition coefficient (Wildman–Crippen LogP) is 8.40. The molecule has 45 heavy (non-hydrogen) atoms. The molecule has 1 N–H and O–H groups in total. The van der Waals surface area contributed by atoms with E-state index in [1.165, 1.54) is 19.3 Å². The number of nitrogens with zero attached hydrogens (tertiary/aromatic N) is 1. The summed E-state index contributed by atoms with van der Waals surface area (Å²) in [5.74, 6) is -0.895. The van der Waals surface area contributed by atoms with E-state index in [2.05, 4.69) is 38.2 Å². The van der Waals surface area contributed by atoms with Crippen LogP contribution in [0.1, 0.15) is 110 Å². The average Bonchev–Trinajstić information content (AvgIpc) is 2.97. The number of hydrogen-bond donors (Lipinski definition) is 1. The maximum atomic E-state index is 12.5. The topological polar surface area (TPSA) is 108 Å². The molecule has 9 nitrogen and oxygen atoms in total. The van der Waals surface area contributed by atoms with E-state index in [0.717, 1.165) is 51.4 Å². The van der Waals surface area contributed by atoms with Crippen LogP contribution in [0.3, 0.4) is 0 Å². The first-order valence-electron chi connectivity index (χ1n) is 16.9. The summed E-state index contributed by atoms with van der Waals surface area (Å²) in [6, 6.07) is 0. The third-order valence-electron chi connectivity index (χ3n) is 6.67.